The summed E-state index contributed by atoms with van der Waals surface area (Å²) >= 11 is 1.53. The molecule has 9 heteroatoms. The normalized spacial score (nSPS) is 15.6. The van der Waals surface area contributed by atoms with Gasteiger partial charge in [0.2, 0.25) is 5.91 Å². The van der Waals surface area contributed by atoms with Crippen molar-refractivity contribution in [2.24, 2.45) is 5.92 Å². The fraction of sp³-hybridized carbons (Fsp3) is 0.367. The van der Waals surface area contributed by atoms with E-state index in [1.54, 1.807) is 48.5 Å². The molecule has 1 atom stereocenters. The van der Waals surface area contributed by atoms with Crippen LogP contribution in [0, 0.1) is 5.92 Å². The molecule has 1 fully saturated rings. The maximum Gasteiger partial charge on any atom is 0.264 e. The summed E-state index contributed by atoms with van der Waals surface area (Å²) in [5, 5.41) is 2.89. The minimum absolute atomic E-state index is 0.129. The summed E-state index contributed by atoms with van der Waals surface area (Å²) in [4.78, 5) is 16.5. The molecule has 1 saturated heterocycles. The van der Waals surface area contributed by atoms with Gasteiger partial charge in [0.1, 0.15) is 12.3 Å². The van der Waals surface area contributed by atoms with E-state index in [1.807, 2.05) is 25.3 Å². The van der Waals surface area contributed by atoms with Crippen molar-refractivity contribution in [3.05, 3.63) is 78.4 Å². The molecule has 0 radical (unpaired) electrons. The van der Waals surface area contributed by atoms with Crippen molar-refractivity contribution >= 4 is 39.1 Å². The summed E-state index contributed by atoms with van der Waals surface area (Å²) in [6.07, 6.45) is 4.41. The molecule has 0 saturated carbocycles. The highest BCUT2D eigenvalue weighted by Crippen LogP contribution is 2.27. The van der Waals surface area contributed by atoms with E-state index >= 15 is 0 Å². The fourth-order valence-electron chi connectivity index (χ4n) is 4.70. The second kappa shape index (κ2) is 13.3. The van der Waals surface area contributed by atoms with Gasteiger partial charge in [-0.3, -0.25) is 9.10 Å². The van der Waals surface area contributed by atoms with E-state index in [0.29, 0.717) is 30.5 Å². The van der Waals surface area contributed by atoms with E-state index in [4.69, 9.17) is 4.74 Å². The molecular weight excluding hydrogens is 530 g/mol. The Balaban J connectivity index is 1.47. The lowest BCUT2D eigenvalue weighted by Crippen LogP contribution is -2.40. The van der Waals surface area contributed by atoms with Crippen molar-refractivity contribution in [2.75, 3.05) is 41.7 Å². The summed E-state index contributed by atoms with van der Waals surface area (Å²) in [5.41, 5.74) is 2.54. The Morgan fingerprint density at radius 2 is 1.74 bits per heavy atom. The SMILES string of the molecule is CCOc1ccc(N(CC(=O)NCc2ccc(N3CCCC(C)C3)cc2)S(=O)(=O)c2ccc(SC)cc2)cc1. The molecule has 0 aliphatic carbocycles. The molecule has 39 heavy (non-hydrogen) atoms. The van der Waals surface area contributed by atoms with Crippen LogP contribution in [0.2, 0.25) is 0 Å². The zero-order chi connectivity index (χ0) is 27.8. The number of benzene rings is 3. The molecule has 1 aliphatic heterocycles. The van der Waals surface area contributed by atoms with E-state index in [9.17, 15) is 13.2 Å². The third-order valence-corrected chi connectivity index (χ3v) is 9.35. The molecular formula is C30H37N3O4S2. The predicted octanol–water partition coefficient (Wildman–Crippen LogP) is 5.56. The molecule has 1 N–H and O–H groups in total. The third kappa shape index (κ3) is 7.48. The van der Waals surface area contributed by atoms with Crippen molar-refractivity contribution < 1.29 is 17.9 Å². The third-order valence-electron chi connectivity index (χ3n) is 6.82. The van der Waals surface area contributed by atoms with E-state index in [2.05, 4.69) is 29.3 Å². The van der Waals surface area contributed by atoms with Crippen LogP contribution in [0.3, 0.4) is 0 Å². The second-order valence-electron chi connectivity index (χ2n) is 9.75. The van der Waals surface area contributed by atoms with Crippen LogP contribution in [0.4, 0.5) is 11.4 Å². The highest BCUT2D eigenvalue weighted by molar-refractivity contribution is 7.98. The molecule has 208 valence electrons. The summed E-state index contributed by atoms with van der Waals surface area (Å²) in [5.74, 6) is 0.938. The second-order valence-corrected chi connectivity index (χ2v) is 12.5. The van der Waals surface area contributed by atoms with Gasteiger partial charge in [0.25, 0.3) is 10.0 Å². The first kappa shape index (κ1) is 28.8. The largest absolute Gasteiger partial charge is 0.494 e. The van der Waals surface area contributed by atoms with Gasteiger partial charge in [0.05, 0.1) is 17.2 Å². The van der Waals surface area contributed by atoms with Crippen molar-refractivity contribution in [1.82, 2.24) is 5.32 Å². The Labute approximate surface area is 236 Å². The number of carbonyl (C=O) groups is 1. The number of hydrogen-bond donors (Lipinski definition) is 1. The number of sulfonamides is 1. The van der Waals surface area contributed by atoms with Gasteiger partial charge in [-0.2, -0.15) is 0 Å². The highest BCUT2D eigenvalue weighted by Gasteiger charge is 2.27. The zero-order valence-electron chi connectivity index (χ0n) is 22.8. The minimum atomic E-state index is -3.99. The first-order chi connectivity index (χ1) is 18.8. The van der Waals surface area contributed by atoms with Crippen LogP contribution in [-0.2, 0) is 21.4 Å². The van der Waals surface area contributed by atoms with E-state index in [0.717, 1.165) is 27.9 Å². The number of anilines is 2. The van der Waals surface area contributed by atoms with Gasteiger partial charge in [0.15, 0.2) is 0 Å². The van der Waals surface area contributed by atoms with Gasteiger partial charge >= 0.3 is 0 Å². The Morgan fingerprint density at radius 3 is 2.36 bits per heavy atom. The maximum absolute atomic E-state index is 13.7. The van der Waals surface area contributed by atoms with Gasteiger partial charge in [-0.1, -0.05) is 19.1 Å². The molecule has 0 bridgehead atoms. The molecule has 3 aromatic rings. The average Bonchev–Trinajstić information content (AvgIpc) is 2.96. The summed E-state index contributed by atoms with van der Waals surface area (Å²) in [6, 6.07) is 21.6. The van der Waals surface area contributed by atoms with Crippen LogP contribution in [0.1, 0.15) is 32.3 Å². The lowest BCUT2D eigenvalue weighted by atomic mass is 9.99. The Morgan fingerprint density at radius 1 is 1.05 bits per heavy atom. The quantitative estimate of drug-likeness (QED) is 0.306. The number of amides is 1. The maximum atomic E-state index is 13.7. The van der Waals surface area contributed by atoms with Crippen molar-refractivity contribution in [1.29, 1.82) is 0 Å². The monoisotopic (exact) mass is 567 g/mol. The Bertz CT molecular complexity index is 1330. The van der Waals surface area contributed by atoms with E-state index < -0.39 is 10.0 Å². The summed E-state index contributed by atoms with van der Waals surface area (Å²) < 4.78 is 34.0. The number of nitrogens with one attached hydrogen (secondary N) is 1. The molecule has 4 rings (SSSR count). The van der Waals surface area contributed by atoms with Gasteiger partial charge in [-0.25, -0.2) is 8.42 Å². The molecule has 7 nitrogen and oxygen atoms in total. The first-order valence-electron chi connectivity index (χ1n) is 13.3. The number of hydrogen-bond acceptors (Lipinski definition) is 6. The number of piperidine rings is 1. The highest BCUT2D eigenvalue weighted by atomic mass is 32.2. The van der Waals surface area contributed by atoms with Crippen LogP contribution in [-0.4, -0.2) is 46.8 Å². The Hall–Kier alpha value is -3.17. The van der Waals surface area contributed by atoms with Crippen LogP contribution in [0.25, 0.3) is 0 Å². The zero-order valence-corrected chi connectivity index (χ0v) is 24.4. The van der Waals surface area contributed by atoms with Crippen LogP contribution < -0.4 is 19.3 Å². The number of carbonyl (C=O) groups excluding carboxylic acids is 1. The number of thioether (sulfide) groups is 1. The molecule has 1 heterocycles. The smallest absolute Gasteiger partial charge is 0.264 e. The van der Waals surface area contributed by atoms with Crippen LogP contribution in [0.15, 0.2) is 82.6 Å². The number of rotatable bonds is 11. The standard InChI is InChI=1S/C30H37N3O4S2/c1-4-37-27-13-11-26(12-14-27)33(39(35,36)29-17-15-28(38-3)16-18-29)22-30(34)31-20-24-7-9-25(10-8-24)32-19-5-6-23(2)21-32/h7-18,23H,4-6,19-22H2,1-3H3,(H,31,34). The molecule has 1 aliphatic rings. The average molecular weight is 568 g/mol. The predicted molar refractivity (Wildman–Crippen MR) is 159 cm³/mol. The number of nitrogens with zero attached hydrogens (tertiary/aromatic N) is 2. The van der Waals surface area contributed by atoms with Crippen LogP contribution in [0.5, 0.6) is 5.75 Å². The van der Waals surface area contributed by atoms with Crippen molar-refractivity contribution in [3.8, 4) is 5.75 Å². The Kier molecular flexibility index (Phi) is 9.80. The molecule has 1 unspecified atom stereocenters. The molecule has 0 aromatic heterocycles. The molecule has 0 spiro atoms. The van der Waals surface area contributed by atoms with Gasteiger partial charge in [-0.15, -0.1) is 11.8 Å². The van der Waals surface area contributed by atoms with Gasteiger partial charge in [0, 0.05) is 30.2 Å². The van der Waals surface area contributed by atoms with E-state index in [-0.39, 0.29) is 17.3 Å². The molecule has 3 aromatic carbocycles. The first-order valence-corrected chi connectivity index (χ1v) is 16.0. The molecule has 1 amide bonds. The fourth-order valence-corrected chi connectivity index (χ4v) is 6.53. The van der Waals surface area contributed by atoms with Gasteiger partial charge in [-0.05, 0) is 98.2 Å². The minimum Gasteiger partial charge on any atom is -0.494 e. The summed E-state index contributed by atoms with van der Waals surface area (Å²) in [6.45, 7) is 6.77. The van der Waals surface area contributed by atoms with Gasteiger partial charge < -0.3 is 15.0 Å². The van der Waals surface area contributed by atoms with Crippen LogP contribution >= 0.6 is 11.8 Å². The summed E-state index contributed by atoms with van der Waals surface area (Å²) in [7, 11) is -3.99. The van der Waals surface area contributed by atoms with E-state index in [1.165, 1.54) is 30.3 Å². The number of ether oxygens (including phenoxy) is 1. The lowest BCUT2D eigenvalue weighted by molar-refractivity contribution is -0.119. The van der Waals surface area contributed by atoms with Crippen molar-refractivity contribution in [3.63, 3.8) is 0 Å². The lowest BCUT2D eigenvalue weighted by Gasteiger charge is -2.32. The van der Waals surface area contributed by atoms with Crippen molar-refractivity contribution in [2.45, 2.75) is 43.0 Å². The topological polar surface area (TPSA) is 79.0 Å².